The van der Waals surface area contributed by atoms with E-state index in [1.54, 1.807) is 0 Å². The maximum Gasteiger partial charge on any atom is 0.141 e. The van der Waals surface area contributed by atoms with Gasteiger partial charge in [-0.3, -0.25) is 4.79 Å². The van der Waals surface area contributed by atoms with Crippen molar-refractivity contribution in [3.8, 4) is 0 Å². The Hall–Kier alpha value is -1.12. The SMILES string of the molecule is Cc1cc(C)cc(CC(=O)Cc2ccc(Br)cc2Cl)c1. The van der Waals surface area contributed by atoms with Gasteiger partial charge in [-0.15, -0.1) is 0 Å². The van der Waals surface area contributed by atoms with E-state index in [4.69, 9.17) is 11.6 Å². The van der Waals surface area contributed by atoms with E-state index in [1.807, 2.05) is 32.0 Å². The van der Waals surface area contributed by atoms with Gasteiger partial charge in [-0.05, 0) is 37.1 Å². The molecule has 0 aliphatic heterocycles. The summed E-state index contributed by atoms with van der Waals surface area (Å²) in [6, 6.07) is 11.9. The van der Waals surface area contributed by atoms with Crippen LogP contribution < -0.4 is 0 Å². The summed E-state index contributed by atoms with van der Waals surface area (Å²) in [7, 11) is 0. The average Bonchev–Trinajstić information content (AvgIpc) is 2.31. The van der Waals surface area contributed by atoms with Gasteiger partial charge in [0, 0.05) is 22.3 Å². The van der Waals surface area contributed by atoms with E-state index in [2.05, 4.69) is 34.1 Å². The van der Waals surface area contributed by atoms with E-state index >= 15 is 0 Å². The molecule has 0 fully saturated rings. The molecule has 0 saturated heterocycles. The molecular weight excluding hydrogens is 336 g/mol. The normalized spacial score (nSPS) is 10.6. The lowest BCUT2D eigenvalue weighted by atomic mass is 10.00. The highest BCUT2D eigenvalue weighted by atomic mass is 79.9. The van der Waals surface area contributed by atoms with Gasteiger partial charge in [-0.2, -0.15) is 0 Å². The molecule has 2 aromatic rings. The van der Waals surface area contributed by atoms with E-state index in [9.17, 15) is 4.79 Å². The second-order valence-electron chi connectivity index (χ2n) is 5.12. The van der Waals surface area contributed by atoms with Crippen molar-refractivity contribution < 1.29 is 4.79 Å². The Labute approximate surface area is 133 Å². The molecular formula is C17H16BrClO. The van der Waals surface area contributed by atoms with Crippen LogP contribution in [0.5, 0.6) is 0 Å². The van der Waals surface area contributed by atoms with Crippen LogP contribution in [0.1, 0.15) is 22.3 Å². The zero-order chi connectivity index (χ0) is 14.7. The van der Waals surface area contributed by atoms with E-state index in [0.29, 0.717) is 17.9 Å². The van der Waals surface area contributed by atoms with Crippen molar-refractivity contribution in [2.45, 2.75) is 26.7 Å². The lowest BCUT2D eigenvalue weighted by Gasteiger charge is -2.06. The lowest BCUT2D eigenvalue weighted by molar-refractivity contribution is -0.117. The van der Waals surface area contributed by atoms with Gasteiger partial charge >= 0.3 is 0 Å². The van der Waals surface area contributed by atoms with Gasteiger partial charge in [-0.1, -0.05) is 62.9 Å². The van der Waals surface area contributed by atoms with Crippen LogP contribution in [0.4, 0.5) is 0 Å². The molecule has 20 heavy (non-hydrogen) atoms. The largest absolute Gasteiger partial charge is 0.299 e. The minimum Gasteiger partial charge on any atom is -0.299 e. The molecule has 0 spiro atoms. The van der Waals surface area contributed by atoms with Crippen LogP contribution in [0.2, 0.25) is 5.02 Å². The molecule has 0 heterocycles. The van der Waals surface area contributed by atoms with Gasteiger partial charge in [0.15, 0.2) is 0 Å². The maximum absolute atomic E-state index is 12.2. The smallest absolute Gasteiger partial charge is 0.141 e. The first-order valence-electron chi connectivity index (χ1n) is 6.47. The Kier molecular flexibility index (Phi) is 5.00. The Morgan fingerprint density at radius 3 is 2.30 bits per heavy atom. The van der Waals surface area contributed by atoms with Gasteiger partial charge in [0.25, 0.3) is 0 Å². The highest BCUT2D eigenvalue weighted by molar-refractivity contribution is 9.10. The van der Waals surface area contributed by atoms with Gasteiger partial charge in [0.2, 0.25) is 0 Å². The standard InChI is InChI=1S/C17H16BrClO/c1-11-5-12(2)7-13(6-11)8-16(20)9-14-3-4-15(18)10-17(14)19/h3-7,10H,8-9H2,1-2H3. The van der Waals surface area contributed by atoms with Crippen LogP contribution in [-0.2, 0) is 17.6 Å². The summed E-state index contributed by atoms with van der Waals surface area (Å²) in [4.78, 5) is 12.2. The number of hydrogen-bond acceptors (Lipinski definition) is 1. The van der Waals surface area contributed by atoms with Crippen LogP contribution in [0.3, 0.4) is 0 Å². The lowest BCUT2D eigenvalue weighted by Crippen LogP contribution is -2.07. The van der Waals surface area contributed by atoms with Crippen molar-refractivity contribution in [3.05, 3.63) is 68.1 Å². The predicted molar refractivity (Wildman–Crippen MR) is 87.5 cm³/mol. The number of ketones is 1. The number of rotatable bonds is 4. The zero-order valence-corrected chi connectivity index (χ0v) is 13.9. The Bertz CT molecular complexity index is 629. The highest BCUT2D eigenvalue weighted by Gasteiger charge is 2.09. The Morgan fingerprint density at radius 1 is 1.05 bits per heavy atom. The molecule has 0 aromatic heterocycles. The van der Waals surface area contributed by atoms with Crippen molar-refractivity contribution in [2.24, 2.45) is 0 Å². The summed E-state index contributed by atoms with van der Waals surface area (Å²) < 4.78 is 0.924. The van der Waals surface area contributed by atoms with Crippen LogP contribution in [0.15, 0.2) is 40.9 Å². The molecule has 1 nitrogen and oxygen atoms in total. The van der Waals surface area contributed by atoms with Crippen LogP contribution in [0.25, 0.3) is 0 Å². The first-order valence-corrected chi connectivity index (χ1v) is 7.64. The van der Waals surface area contributed by atoms with Crippen molar-refractivity contribution in [3.63, 3.8) is 0 Å². The summed E-state index contributed by atoms with van der Waals surface area (Å²) in [5.74, 6) is 0.180. The van der Waals surface area contributed by atoms with Crippen molar-refractivity contribution in [2.75, 3.05) is 0 Å². The number of carbonyl (C=O) groups is 1. The number of Topliss-reactive ketones (excluding diaryl/α,β-unsaturated/α-hetero) is 1. The van der Waals surface area contributed by atoms with Gasteiger partial charge < -0.3 is 0 Å². The quantitative estimate of drug-likeness (QED) is 0.751. The van der Waals surface area contributed by atoms with Crippen LogP contribution >= 0.6 is 27.5 Å². The van der Waals surface area contributed by atoms with E-state index in [-0.39, 0.29) is 5.78 Å². The third-order valence-electron chi connectivity index (χ3n) is 3.09. The van der Waals surface area contributed by atoms with Gasteiger partial charge in [0.05, 0.1) is 0 Å². The molecule has 0 N–H and O–H groups in total. The fourth-order valence-electron chi connectivity index (χ4n) is 2.34. The molecule has 0 aliphatic carbocycles. The van der Waals surface area contributed by atoms with Crippen molar-refractivity contribution in [1.82, 2.24) is 0 Å². The highest BCUT2D eigenvalue weighted by Crippen LogP contribution is 2.22. The average molecular weight is 352 g/mol. The third kappa shape index (κ3) is 4.19. The van der Waals surface area contributed by atoms with Crippen molar-refractivity contribution in [1.29, 1.82) is 0 Å². The van der Waals surface area contributed by atoms with Crippen LogP contribution in [-0.4, -0.2) is 5.78 Å². The summed E-state index contributed by atoms with van der Waals surface area (Å²) in [6.45, 7) is 4.10. The molecule has 0 bridgehead atoms. The Morgan fingerprint density at radius 2 is 1.70 bits per heavy atom. The van der Waals surface area contributed by atoms with E-state index in [0.717, 1.165) is 15.6 Å². The molecule has 0 saturated carbocycles. The number of aryl methyl sites for hydroxylation is 2. The molecule has 104 valence electrons. The molecule has 2 rings (SSSR count). The summed E-state index contributed by atoms with van der Waals surface area (Å²) in [5, 5.41) is 0.633. The molecule has 0 aliphatic rings. The minimum atomic E-state index is 0.180. The number of carbonyl (C=O) groups excluding carboxylic acids is 1. The van der Waals surface area contributed by atoms with Crippen molar-refractivity contribution >= 4 is 33.3 Å². The zero-order valence-electron chi connectivity index (χ0n) is 11.5. The Balaban J connectivity index is 2.09. The molecule has 0 unspecified atom stereocenters. The first-order chi connectivity index (χ1) is 9.44. The summed E-state index contributed by atoms with van der Waals surface area (Å²) in [6.07, 6.45) is 0.827. The maximum atomic E-state index is 12.2. The topological polar surface area (TPSA) is 17.1 Å². The number of benzene rings is 2. The van der Waals surface area contributed by atoms with Gasteiger partial charge in [-0.25, -0.2) is 0 Å². The minimum absolute atomic E-state index is 0.180. The second kappa shape index (κ2) is 6.55. The fourth-order valence-corrected chi connectivity index (χ4v) is 3.08. The monoisotopic (exact) mass is 350 g/mol. The first kappa shape index (κ1) is 15.3. The molecule has 3 heteroatoms. The summed E-state index contributed by atoms with van der Waals surface area (Å²) in [5.41, 5.74) is 4.33. The van der Waals surface area contributed by atoms with Crippen LogP contribution in [0, 0.1) is 13.8 Å². The van der Waals surface area contributed by atoms with E-state index in [1.165, 1.54) is 11.1 Å². The second-order valence-corrected chi connectivity index (χ2v) is 6.45. The summed E-state index contributed by atoms with van der Waals surface area (Å²) >= 11 is 9.51. The molecule has 0 atom stereocenters. The number of hydrogen-bond donors (Lipinski definition) is 0. The molecule has 2 aromatic carbocycles. The number of halogens is 2. The predicted octanol–water partition coefficient (Wildman–Crippen LogP) is 5.07. The van der Waals surface area contributed by atoms with Gasteiger partial charge in [0.1, 0.15) is 5.78 Å². The molecule has 0 amide bonds. The third-order valence-corrected chi connectivity index (χ3v) is 3.93. The van der Waals surface area contributed by atoms with E-state index < -0.39 is 0 Å². The molecule has 0 radical (unpaired) electrons. The fraction of sp³-hybridized carbons (Fsp3) is 0.235.